The predicted octanol–water partition coefficient (Wildman–Crippen LogP) is -0.103. The van der Waals surface area contributed by atoms with Crippen LogP contribution in [-0.2, 0) is 46.1 Å². The van der Waals surface area contributed by atoms with E-state index < -0.39 is 20.3 Å². The Morgan fingerprint density at radius 3 is 0.914 bits per heavy atom. The average molecular weight is 924 g/mol. The van der Waals surface area contributed by atoms with E-state index in [9.17, 15) is 0 Å². The van der Waals surface area contributed by atoms with Gasteiger partial charge in [0.05, 0.1) is 0 Å². The van der Waals surface area contributed by atoms with Gasteiger partial charge in [0.1, 0.15) is 0 Å². The number of fused-ring (bicyclic) bond motifs is 22. The summed E-state index contributed by atoms with van der Waals surface area (Å²) in [5.41, 5.74) is 2.92. The van der Waals surface area contributed by atoms with Crippen molar-refractivity contribution < 1.29 is 74.2 Å². The molecule has 0 aliphatic carbocycles. The third kappa shape index (κ3) is 33.6. The van der Waals surface area contributed by atoms with Crippen LogP contribution in [0.4, 0.5) is 0 Å². The van der Waals surface area contributed by atoms with Gasteiger partial charge in [0.15, 0.2) is 0 Å². The van der Waals surface area contributed by atoms with E-state index in [2.05, 4.69) is 64.3 Å². The number of nitrogens with one attached hydrogen (secondary N) is 2. The third-order valence-electron chi connectivity index (χ3n) is 9.53. The fraction of sp³-hybridized carbons (Fsp3) is 0.812. The van der Waals surface area contributed by atoms with Gasteiger partial charge in [0.25, 0.3) is 20.3 Å². The molecule has 0 aromatic heterocycles. The smallest absolute Gasteiger partial charge is 0.328 e. The summed E-state index contributed by atoms with van der Waals surface area (Å²) >= 11 is 0. The summed E-state index contributed by atoms with van der Waals surface area (Å²) in [7, 11) is 0. The van der Waals surface area contributed by atoms with Crippen LogP contribution in [0.25, 0.3) is 0 Å². The van der Waals surface area contributed by atoms with Crippen LogP contribution in [0.1, 0.15) is 36.8 Å². The van der Waals surface area contributed by atoms with Gasteiger partial charge >= 0.3 is 33.0 Å². The Hall–Kier alpha value is -3.31. The van der Waals surface area contributed by atoms with E-state index in [1.165, 1.54) is 128 Å². The molecule has 26 heteroatoms. The van der Waals surface area contributed by atoms with Crippen molar-refractivity contribution in [3.05, 3.63) is 75.8 Å². The quantitative estimate of drug-likeness (QED) is 0.131. The maximum atomic E-state index is 8.36. The zero-order chi connectivity index (χ0) is 41.6. The van der Waals surface area contributed by atoms with E-state index in [0.29, 0.717) is 0 Å². The van der Waals surface area contributed by atoms with Crippen molar-refractivity contribution in [1.29, 1.82) is 0 Å². The summed E-state index contributed by atoms with van der Waals surface area (Å²) in [5, 5.41) is 62.0. The van der Waals surface area contributed by atoms with Gasteiger partial charge in [0, 0.05) is 91.6 Å². The van der Waals surface area contributed by atoms with Gasteiger partial charge in [-0.3, -0.25) is 9.80 Å². The number of nitrogens with zero attached hydrogens (tertiary/aromatic N) is 10. The molecule has 6 aliphatic heterocycles. The summed E-state index contributed by atoms with van der Waals surface area (Å²) in [5.74, 6) is 0. The van der Waals surface area contributed by atoms with Gasteiger partial charge in [-0.15, -0.1) is 40.5 Å². The normalized spacial score (nSPS) is 23.3. The molecule has 0 saturated carbocycles. The predicted molar refractivity (Wildman–Crippen MR) is 202 cm³/mol. The molecule has 338 valence electrons. The molecule has 6 fully saturated rings. The average Bonchev–Trinajstić information content (AvgIpc) is 3.12. The van der Waals surface area contributed by atoms with Crippen molar-refractivity contribution in [2.45, 2.75) is 38.8 Å². The van der Waals surface area contributed by atoms with Crippen LogP contribution in [0, 0.1) is 40.5 Å². The van der Waals surface area contributed by atoms with Crippen molar-refractivity contribution >= 4 is 0 Å². The molecule has 6 heterocycles. The second-order valence-electron chi connectivity index (χ2n) is 13.6. The molecule has 0 amide bonds. The van der Waals surface area contributed by atoms with Crippen molar-refractivity contribution in [3.63, 3.8) is 0 Å². The van der Waals surface area contributed by atoms with E-state index in [-0.39, 0.29) is 33.0 Å². The standard InChI is InChI=1S/C32H58N8.4HNO3.2Ni/c1-9-33-11-19-39(17-3-15-37-25-21-35(13-1)22-26-37)29-31-5-7-32(8-6-31)30-40-18-4-16-38-27-23-36(24-28-38)14-2-10-34-12-20-40;4*2-1(3)4;;/h5-8,33-34H,1-4,9-30H2;4*(H,2,3,4);;/q;;;;;2*+2. The molecular weight excluding hydrogens is 862 g/mol. The Labute approximate surface area is 358 Å². The molecule has 58 heavy (non-hydrogen) atoms. The van der Waals surface area contributed by atoms with Crippen LogP contribution < -0.4 is 10.6 Å². The first-order valence-electron chi connectivity index (χ1n) is 18.9. The minimum absolute atomic E-state index is 0. The van der Waals surface area contributed by atoms with Crippen LogP contribution in [0.5, 0.6) is 0 Å². The molecule has 6 aliphatic rings. The largest absolute Gasteiger partial charge is 2.00 e. The molecule has 6 saturated heterocycles. The molecule has 0 atom stereocenters. The van der Waals surface area contributed by atoms with E-state index in [0.717, 1.165) is 52.4 Å². The van der Waals surface area contributed by atoms with Crippen molar-refractivity contribution in [2.75, 3.05) is 131 Å². The van der Waals surface area contributed by atoms with Crippen LogP contribution in [0.2, 0.25) is 0 Å². The molecule has 6 N–H and O–H groups in total. The minimum Gasteiger partial charge on any atom is -0.328 e. The SMILES string of the molecule is O=[N+]([O-])O.O=[N+]([O-])O.O=[N+]([O-])O.O=[N+]([O-])O.[Ni+2].[Ni+2].c1cc(CN2CCCN3CCN(CCCNCC2)CC3)ccc1CN1CCCN2CCN(CCCNCC1)CC2. The van der Waals surface area contributed by atoms with Gasteiger partial charge in [-0.05, 0) is 89.2 Å². The Kier molecular flexibility index (Phi) is 34.9. The van der Waals surface area contributed by atoms with Gasteiger partial charge < -0.3 is 51.1 Å². The number of benzene rings is 1. The maximum Gasteiger partial charge on any atom is 2.00 e. The molecule has 0 radical (unpaired) electrons. The van der Waals surface area contributed by atoms with Crippen molar-refractivity contribution in [1.82, 2.24) is 40.0 Å². The minimum atomic E-state index is -1.50. The van der Waals surface area contributed by atoms with Gasteiger partial charge in [0.2, 0.25) is 0 Å². The molecule has 0 unspecified atom stereocenters. The third-order valence-corrected chi connectivity index (χ3v) is 9.53. The number of piperazine rings is 2. The number of rotatable bonds is 4. The Balaban J connectivity index is 0. The van der Waals surface area contributed by atoms with E-state index in [1.54, 1.807) is 0 Å². The van der Waals surface area contributed by atoms with Gasteiger partial charge in [-0.2, -0.15) is 0 Å². The fourth-order valence-corrected chi connectivity index (χ4v) is 6.89. The molecule has 24 nitrogen and oxygen atoms in total. The van der Waals surface area contributed by atoms with Crippen molar-refractivity contribution in [3.8, 4) is 0 Å². The molecular formula is C32H62N12Ni2O12+4. The summed E-state index contributed by atoms with van der Waals surface area (Å²) in [4.78, 5) is 49.5. The zero-order valence-electron chi connectivity index (χ0n) is 32.9. The van der Waals surface area contributed by atoms with Crippen LogP contribution in [0.15, 0.2) is 24.3 Å². The first-order valence-corrected chi connectivity index (χ1v) is 18.9. The molecule has 4 bridgehead atoms. The molecule has 1 aromatic carbocycles. The van der Waals surface area contributed by atoms with Gasteiger partial charge in [-0.25, -0.2) is 0 Å². The summed E-state index contributed by atoms with van der Waals surface area (Å²) in [6.07, 6.45) is 5.09. The number of hydrogen-bond donors (Lipinski definition) is 6. The zero-order valence-corrected chi connectivity index (χ0v) is 34.8. The van der Waals surface area contributed by atoms with Crippen molar-refractivity contribution in [2.24, 2.45) is 0 Å². The second-order valence-corrected chi connectivity index (χ2v) is 13.6. The Morgan fingerprint density at radius 1 is 0.414 bits per heavy atom. The topological polar surface area (TPSA) is 297 Å². The van der Waals surface area contributed by atoms with E-state index in [4.69, 9.17) is 61.3 Å². The summed E-state index contributed by atoms with van der Waals surface area (Å²) in [6, 6.07) is 9.59. The monoisotopic (exact) mass is 922 g/mol. The molecule has 7 rings (SSSR count). The Morgan fingerprint density at radius 2 is 0.655 bits per heavy atom. The maximum absolute atomic E-state index is 8.36. The molecule has 1 aromatic rings. The number of hydrogen-bond acceptors (Lipinski definition) is 16. The van der Waals surface area contributed by atoms with Gasteiger partial charge in [-0.1, -0.05) is 24.3 Å². The first kappa shape index (κ1) is 56.8. The summed E-state index contributed by atoms with van der Waals surface area (Å²) in [6.45, 7) is 26.3. The second kappa shape index (κ2) is 35.6. The van der Waals surface area contributed by atoms with E-state index in [1.807, 2.05) is 0 Å². The Bertz CT molecular complexity index is 1090. The van der Waals surface area contributed by atoms with Crippen LogP contribution in [0.3, 0.4) is 0 Å². The molecule has 0 spiro atoms. The van der Waals surface area contributed by atoms with Crippen LogP contribution >= 0.6 is 0 Å². The summed E-state index contributed by atoms with van der Waals surface area (Å²) < 4.78 is 0. The van der Waals surface area contributed by atoms with E-state index >= 15 is 0 Å². The van der Waals surface area contributed by atoms with Crippen LogP contribution in [-0.4, -0.2) is 201 Å². The fourth-order valence-electron chi connectivity index (χ4n) is 6.89. The first-order chi connectivity index (χ1) is 26.7.